The molecule has 12 aromatic rings. The summed E-state index contributed by atoms with van der Waals surface area (Å²) in [6.45, 7) is 16.4. The standard InChI is InChI=1S/C26H36N8OSSi.C25H34N8OSSi.C20H22N8S/c1-32-17-21(16-28-32)33(2)20-14-23-22(27-15-20)10-11-24(29-23)34(18-35-12-13-37(3,4)5)26-31-30-25(36-26)19-8-6-7-9-19;1-32-16-20(15-27-32)28-19-13-22-21(26-14-19)9-10-23(29-22)33(17-34-11-12-36(2,3)4)25-31-30-24(35-25)18-7-5-6-8-18;1-27-12-15(11-22-27)28(2)14-9-17-16(21-10-14)7-8-18(23-17)24-20-26-25-19(29-20)13-5-3-4-6-13/h10-11,14-17,19H,6-9,12-13,18H2,1-5H3;9-10,13-16,18,28H,5-8,11-12,17H2,1-4H3;7-13H,3-6H2,1-2H3,(H,23,24,26). The van der Waals surface area contributed by atoms with Crippen molar-refractivity contribution in [2.45, 2.75) is 146 Å². The molecule has 0 saturated heterocycles. The Kier molecular flexibility index (Phi) is 22.6. The van der Waals surface area contributed by atoms with Crippen LogP contribution in [-0.2, 0) is 30.6 Å². The van der Waals surface area contributed by atoms with E-state index in [1.165, 1.54) is 77.0 Å². The molecule has 12 heterocycles. The summed E-state index contributed by atoms with van der Waals surface area (Å²) in [6, 6.07) is 20.2. The van der Waals surface area contributed by atoms with Crippen molar-refractivity contribution in [3.63, 3.8) is 0 Å². The second kappa shape index (κ2) is 32.2. The molecule has 0 radical (unpaired) electrons. The lowest BCUT2D eigenvalue weighted by molar-refractivity contribution is 0.153. The highest BCUT2D eigenvalue weighted by molar-refractivity contribution is 7.16. The van der Waals surface area contributed by atoms with E-state index in [1.54, 1.807) is 54.3 Å². The first-order chi connectivity index (χ1) is 49.3. The maximum atomic E-state index is 6.18. The molecule has 3 saturated carbocycles. The summed E-state index contributed by atoms with van der Waals surface area (Å²) in [4.78, 5) is 36.7. The lowest BCUT2D eigenvalue weighted by Gasteiger charge is -2.22. The van der Waals surface area contributed by atoms with Gasteiger partial charge in [-0.25, -0.2) is 15.0 Å². The summed E-state index contributed by atoms with van der Waals surface area (Å²) in [5.41, 5.74) is 10.6. The molecule has 26 nitrogen and oxygen atoms in total. The molecule has 3 fully saturated rings. The largest absolute Gasteiger partial charge is 0.361 e. The molecule has 0 amide bonds. The van der Waals surface area contributed by atoms with Crippen molar-refractivity contribution >= 4 is 150 Å². The average Bonchev–Trinajstić information content (AvgIpc) is 1.50. The highest BCUT2D eigenvalue weighted by atomic mass is 32.1. The molecule has 0 aliphatic heterocycles. The van der Waals surface area contributed by atoms with Crippen molar-refractivity contribution in [3.05, 3.63) is 125 Å². The summed E-state index contributed by atoms with van der Waals surface area (Å²) in [7, 11) is 7.35. The van der Waals surface area contributed by atoms with E-state index in [-0.39, 0.29) is 0 Å². The van der Waals surface area contributed by atoms with Crippen molar-refractivity contribution in [1.29, 1.82) is 0 Å². The Morgan fingerprint density at radius 3 is 1.33 bits per heavy atom. The fourth-order valence-electron chi connectivity index (χ4n) is 12.5. The molecule has 0 unspecified atom stereocenters. The van der Waals surface area contributed by atoms with Gasteiger partial charge in [-0.1, -0.05) is 112 Å². The van der Waals surface area contributed by atoms with Gasteiger partial charge in [-0.2, -0.15) is 15.3 Å². The minimum absolute atomic E-state index is 0.392. The van der Waals surface area contributed by atoms with Crippen LogP contribution in [0.3, 0.4) is 0 Å². The number of aryl methyl sites for hydroxylation is 3. The molecule has 0 spiro atoms. The van der Waals surface area contributed by atoms with Gasteiger partial charge in [0, 0.05) is 101 Å². The van der Waals surface area contributed by atoms with Crippen LogP contribution in [0, 0.1) is 0 Å². The van der Waals surface area contributed by atoms with Crippen LogP contribution in [0.15, 0.2) is 110 Å². The van der Waals surface area contributed by atoms with E-state index in [0.717, 1.165) is 140 Å². The average molecular weight is 1470 g/mol. The Morgan fingerprint density at radius 1 is 0.441 bits per heavy atom. The van der Waals surface area contributed by atoms with Crippen molar-refractivity contribution in [2.24, 2.45) is 21.1 Å². The Bertz CT molecular complexity index is 4730. The molecular weight excluding hydrogens is 1370 g/mol. The molecule has 15 rings (SSSR count). The highest BCUT2D eigenvalue weighted by Crippen LogP contribution is 2.42. The van der Waals surface area contributed by atoms with Crippen LogP contribution >= 0.6 is 34.0 Å². The molecule has 2 N–H and O–H groups in total. The lowest BCUT2D eigenvalue weighted by atomic mass is 10.1. The predicted octanol–water partition coefficient (Wildman–Crippen LogP) is 16.5. The maximum absolute atomic E-state index is 6.18. The van der Waals surface area contributed by atoms with Gasteiger partial charge < -0.3 is 29.9 Å². The number of rotatable bonds is 25. The van der Waals surface area contributed by atoms with E-state index < -0.39 is 16.1 Å². The summed E-state index contributed by atoms with van der Waals surface area (Å²) in [5.74, 6) is 3.94. The summed E-state index contributed by atoms with van der Waals surface area (Å²) in [6.07, 6.45) is 31.8. The van der Waals surface area contributed by atoms with Crippen molar-refractivity contribution < 1.29 is 9.47 Å². The van der Waals surface area contributed by atoms with Crippen LogP contribution < -0.4 is 30.2 Å². The van der Waals surface area contributed by atoms with Gasteiger partial charge >= 0.3 is 0 Å². The third-order valence-electron chi connectivity index (χ3n) is 18.6. The monoisotopic (exact) mass is 1460 g/mol. The first-order valence-corrected chi connectivity index (χ1v) is 45.1. The number of hydrogen-bond acceptors (Lipinski definition) is 26. The van der Waals surface area contributed by atoms with Gasteiger partial charge in [0.1, 0.15) is 45.9 Å². The second-order valence-corrected chi connectivity index (χ2v) is 43.3. The first-order valence-electron chi connectivity index (χ1n) is 35.2. The molecule has 12 aromatic heterocycles. The van der Waals surface area contributed by atoms with Crippen LogP contribution in [0.1, 0.15) is 110 Å². The molecule has 534 valence electrons. The number of aromatic nitrogens is 18. The number of nitrogens with zero attached hydrogens (tertiary/aromatic N) is 22. The molecule has 102 heavy (non-hydrogen) atoms. The SMILES string of the molecule is CN(c1cnc2ccc(N(COCC[Si](C)(C)C)c3nnc(C4CCCC4)s3)nc2c1)c1cnn(C)c1.CN(c1cnc2ccc(Nc3nnc(C4CCCC4)s3)nc2c1)c1cnn(C)c1.Cn1cc(Nc2cnc3ccc(N(COCC[Si](C)(C)C)c4nnc(C5CCCC5)s4)nc3c2)cn1. The zero-order valence-corrected chi connectivity index (χ0v) is 64.7. The quantitative estimate of drug-likeness (QED) is 0.0306. The fourth-order valence-corrected chi connectivity index (χ4v) is 16.9. The molecule has 0 atom stereocenters. The Balaban J connectivity index is 0.000000138. The van der Waals surface area contributed by atoms with Gasteiger partial charge in [0.15, 0.2) is 0 Å². The highest BCUT2D eigenvalue weighted by Gasteiger charge is 2.28. The summed E-state index contributed by atoms with van der Waals surface area (Å²) < 4.78 is 17.7. The van der Waals surface area contributed by atoms with Gasteiger partial charge in [0.2, 0.25) is 15.4 Å². The number of nitrogens with one attached hydrogen (secondary N) is 2. The zero-order valence-electron chi connectivity index (χ0n) is 60.2. The molecule has 3 aliphatic carbocycles. The predicted molar refractivity (Wildman–Crippen MR) is 417 cm³/mol. The third kappa shape index (κ3) is 18.5. The normalized spacial score (nSPS) is 14.5. The number of ether oxygens (including phenoxy) is 2. The van der Waals surface area contributed by atoms with E-state index in [9.17, 15) is 0 Å². The fraction of sp³-hybridized carbons (Fsp3) is 0.451. The maximum Gasteiger partial charge on any atom is 0.215 e. The van der Waals surface area contributed by atoms with E-state index in [2.05, 4.69) is 127 Å². The molecular formula is C71H92N24O2S3Si2. The number of anilines is 12. The minimum atomic E-state index is -1.18. The van der Waals surface area contributed by atoms with Gasteiger partial charge in [-0.3, -0.25) is 38.8 Å². The van der Waals surface area contributed by atoms with Crippen molar-refractivity contribution in [2.75, 3.05) is 71.0 Å². The van der Waals surface area contributed by atoms with Gasteiger partial charge in [-0.05, 0) is 105 Å². The zero-order chi connectivity index (χ0) is 70.9. The lowest BCUT2D eigenvalue weighted by Crippen LogP contribution is -2.26. The summed E-state index contributed by atoms with van der Waals surface area (Å²) in [5, 5.41) is 52.2. The van der Waals surface area contributed by atoms with Crippen LogP contribution in [0.4, 0.5) is 67.0 Å². The third-order valence-corrected chi connectivity index (χ3v) is 25.2. The molecule has 0 bridgehead atoms. The molecule has 3 aliphatic rings. The van der Waals surface area contributed by atoms with Gasteiger partial charge in [0.25, 0.3) is 0 Å². The van der Waals surface area contributed by atoms with Gasteiger partial charge in [-0.15, -0.1) is 30.6 Å². The van der Waals surface area contributed by atoms with Crippen molar-refractivity contribution in [1.82, 2.24) is 89.8 Å². The van der Waals surface area contributed by atoms with Crippen LogP contribution in [0.5, 0.6) is 0 Å². The van der Waals surface area contributed by atoms with E-state index in [4.69, 9.17) is 24.4 Å². The topological polar surface area (TPSA) is 264 Å². The Morgan fingerprint density at radius 2 is 0.873 bits per heavy atom. The number of hydrogen-bond donors (Lipinski definition) is 2. The van der Waals surface area contributed by atoms with Crippen molar-refractivity contribution in [3.8, 4) is 0 Å². The minimum Gasteiger partial charge on any atom is -0.361 e. The van der Waals surface area contributed by atoms with Crippen LogP contribution in [-0.4, -0.2) is 147 Å². The van der Waals surface area contributed by atoms with Crippen LogP contribution in [0.2, 0.25) is 51.4 Å². The molecule has 31 heteroatoms. The number of fused-ring (bicyclic) bond motifs is 3. The smallest absolute Gasteiger partial charge is 0.215 e. The van der Waals surface area contributed by atoms with E-state index in [0.29, 0.717) is 31.2 Å². The van der Waals surface area contributed by atoms with E-state index >= 15 is 0 Å². The number of pyridine rings is 6. The van der Waals surface area contributed by atoms with Gasteiger partial charge in [0.05, 0.1) is 104 Å². The Hall–Kier alpha value is -8.86. The Labute approximate surface area is 609 Å². The van der Waals surface area contributed by atoms with Crippen LogP contribution in [0.25, 0.3) is 33.1 Å². The van der Waals surface area contributed by atoms with E-state index in [1.807, 2.05) is 143 Å². The second-order valence-electron chi connectivity index (χ2n) is 29.1. The summed E-state index contributed by atoms with van der Waals surface area (Å²) >= 11 is 4.97. The first kappa shape index (κ1) is 71.5. The molecule has 0 aromatic carbocycles.